The molecule has 4 heteroatoms. The first-order valence-corrected chi connectivity index (χ1v) is 5.98. The van der Waals surface area contributed by atoms with Gasteiger partial charge in [0.25, 0.3) is 0 Å². The van der Waals surface area contributed by atoms with Crippen molar-refractivity contribution in [1.82, 2.24) is 0 Å². The molecule has 0 saturated carbocycles. The number of nitrogens with two attached hydrogens (primary N) is 1. The maximum atomic E-state index is 7.23. The van der Waals surface area contributed by atoms with Crippen LogP contribution in [0.15, 0.2) is 17.0 Å². The van der Waals surface area contributed by atoms with Crippen molar-refractivity contribution in [3.05, 3.63) is 17.7 Å². The molecule has 1 aromatic carbocycles. The summed E-state index contributed by atoms with van der Waals surface area (Å²) < 4.78 is 53.3. The van der Waals surface area contributed by atoms with Gasteiger partial charge in [-0.25, -0.2) is 0 Å². The van der Waals surface area contributed by atoms with E-state index in [1.165, 1.54) is 23.9 Å². The van der Waals surface area contributed by atoms with Gasteiger partial charge in [-0.2, -0.15) is 0 Å². The normalized spacial score (nSPS) is 19.4. The van der Waals surface area contributed by atoms with E-state index >= 15 is 0 Å². The van der Waals surface area contributed by atoms with E-state index in [0.717, 1.165) is 0 Å². The summed E-state index contributed by atoms with van der Waals surface area (Å²) in [5, 5.41) is 0. The number of hydrogen-bond donors (Lipinski definition) is 1. The fraction of sp³-hybridized carbons (Fsp3) is 0.500. The molecule has 0 radical (unpaired) electrons. The molecule has 1 atom stereocenters. The van der Waals surface area contributed by atoms with Crippen molar-refractivity contribution in [2.75, 3.05) is 20.3 Å². The van der Waals surface area contributed by atoms with Crippen LogP contribution in [0.5, 0.6) is 11.5 Å². The highest BCUT2D eigenvalue weighted by molar-refractivity contribution is 7.98. The Morgan fingerprint density at radius 3 is 2.62 bits per heavy atom. The standard InChI is InChI=1S/C12H19NO2S/c1-8(13)5-9-6-11(15-3)12(16-4)7-10(9)14-2/h6-8H,5,13H2,1-4H3/t8-/m1/s1/i2D3,3D3. The first-order valence-electron chi connectivity index (χ1n) is 7.76. The van der Waals surface area contributed by atoms with Crippen LogP contribution in [0.2, 0.25) is 0 Å². The summed E-state index contributed by atoms with van der Waals surface area (Å²) in [4.78, 5) is 0.476. The molecule has 0 bridgehead atoms. The molecule has 0 heterocycles. The lowest BCUT2D eigenvalue weighted by atomic mass is 10.1. The Morgan fingerprint density at radius 2 is 2.06 bits per heavy atom. The largest absolute Gasteiger partial charge is 0.496 e. The number of thioether (sulfide) groups is 1. The highest BCUT2D eigenvalue weighted by Gasteiger charge is 2.11. The molecule has 3 nitrogen and oxygen atoms in total. The van der Waals surface area contributed by atoms with Crippen molar-refractivity contribution in [2.24, 2.45) is 5.73 Å². The molecule has 2 N–H and O–H groups in total. The zero-order chi connectivity index (χ0) is 17.1. The first-order chi connectivity index (χ1) is 9.91. The van der Waals surface area contributed by atoms with Crippen LogP contribution in [-0.2, 0) is 6.42 Å². The lowest BCUT2D eigenvalue weighted by Gasteiger charge is -2.15. The van der Waals surface area contributed by atoms with Gasteiger partial charge in [0.05, 0.1) is 27.2 Å². The van der Waals surface area contributed by atoms with Crippen LogP contribution in [0.25, 0.3) is 0 Å². The number of methoxy groups -OCH3 is 2. The van der Waals surface area contributed by atoms with Crippen molar-refractivity contribution >= 4 is 11.8 Å². The number of hydrogen-bond acceptors (Lipinski definition) is 4. The van der Waals surface area contributed by atoms with E-state index in [0.29, 0.717) is 16.9 Å². The van der Waals surface area contributed by atoms with E-state index in [9.17, 15) is 0 Å². The van der Waals surface area contributed by atoms with Gasteiger partial charge in [0, 0.05) is 6.04 Å². The van der Waals surface area contributed by atoms with E-state index in [1.807, 2.05) is 0 Å². The highest BCUT2D eigenvalue weighted by atomic mass is 32.2. The van der Waals surface area contributed by atoms with Crippen molar-refractivity contribution in [3.63, 3.8) is 0 Å². The van der Waals surface area contributed by atoms with Crippen LogP contribution >= 0.6 is 11.8 Å². The van der Waals surface area contributed by atoms with Crippen molar-refractivity contribution in [2.45, 2.75) is 24.3 Å². The van der Waals surface area contributed by atoms with Gasteiger partial charge in [-0.05, 0) is 37.3 Å². The van der Waals surface area contributed by atoms with E-state index in [1.54, 1.807) is 13.2 Å². The average molecular weight is 247 g/mol. The van der Waals surface area contributed by atoms with Crippen LogP contribution in [0, 0.1) is 0 Å². The third-order valence-electron chi connectivity index (χ3n) is 2.11. The third-order valence-corrected chi connectivity index (χ3v) is 2.87. The molecule has 0 amide bonds. The first kappa shape index (κ1) is 6.77. The molecule has 0 aromatic heterocycles. The van der Waals surface area contributed by atoms with Gasteiger partial charge < -0.3 is 15.2 Å². The van der Waals surface area contributed by atoms with Crippen molar-refractivity contribution < 1.29 is 17.7 Å². The van der Waals surface area contributed by atoms with Crippen molar-refractivity contribution in [3.8, 4) is 11.5 Å². The molecule has 1 aromatic rings. The monoisotopic (exact) mass is 247 g/mol. The number of benzene rings is 1. The topological polar surface area (TPSA) is 44.5 Å². The second-order valence-electron chi connectivity index (χ2n) is 3.50. The Hall–Kier alpha value is -0.870. The van der Waals surface area contributed by atoms with Crippen LogP contribution in [0.4, 0.5) is 0 Å². The zero-order valence-corrected chi connectivity index (χ0v) is 10.1. The summed E-state index contributed by atoms with van der Waals surface area (Å²) in [7, 11) is -5.20. The smallest absolute Gasteiger partial charge is 0.132 e. The Kier molecular flexibility index (Phi) is 2.54. The average Bonchev–Trinajstić information content (AvgIpc) is 2.27. The maximum Gasteiger partial charge on any atom is 0.132 e. The summed E-state index contributed by atoms with van der Waals surface area (Å²) >= 11 is 1.23. The molecule has 0 aliphatic rings. The van der Waals surface area contributed by atoms with E-state index in [2.05, 4.69) is 0 Å². The highest BCUT2D eigenvalue weighted by Crippen LogP contribution is 2.34. The molecule has 16 heavy (non-hydrogen) atoms. The minimum Gasteiger partial charge on any atom is -0.496 e. The predicted octanol–water partition coefficient (Wildman–Crippen LogP) is 2.32. The molecule has 0 aliphatic heterocycles. The maximum absolute atomic E-state index is 7.23. The van der Waals surface area contributed by atoms with E-state index in [4.69, 9.17) is 23.4 Å². The lowest BCUT2D eigenvalue weighted by Crippen LogP contribution is -2.18. The molecule has 0 unspecified atom stereocenters. The van der Waals surface area contributed by atoms with Crippen LogP contribution in [-0.4, -0.2) is 26.4 Å². The number of rotatable bonds is 5. The van der Waals surface area contributed by atoms with Crippen LogP contribution < -0.4 is 15.2 Å². The molecule has 0 fully saturated rings. The van der Waals surface area contributed by atoms with Gasteiger partial charge >= 0.3 is 0 Å². The van der Waals surface area contributed by atoms with Gasteiger partial charge in [0.15, 0.2) is 0 Å². The molecule has 0 aliphatic carbocycles. The lowest BCUT2D eigenvalue weighted by molar-refractivity contribution is 0.389. The molecular weight excluding hydrogens is 222 g/mol. The minimum atomic E-state index is -2.60. The van der Waals surface area contributed by atoms with Gasteiger partial charge in [-0.1, -0.05) is 0 Å². The SMILES string of the molecule is [2H]C([2H])([2H])Oc1cc(SC)c(OC([2H])([2H])[2H])cc1C[C@@H](C)N. The Bertz CT molecular complexity index is 516. The van der Waals surface area contributed by atoms with Crippen LogP contribution in [0.3, 0.4) is 0 Å². The fourth-order valence-electron chi connectivity index (χ4n) is 1.42. The zero-order valence-electron chi connectivity index (χ0n) is 15.2. The molecule has 90 valence electrons. The summed E-state index contributed by atoms with van der Waals surface area (Å²) in [5.74, 6) is 0.306. The number of ether oxygens (including phenoxy) is 2. The van der Waals surface area contributed by atoms with E-state index < -0.39 is 14.1 Å². The van der Waals surface area contributed by atoms with Gasteiger partial charge in [0.2, 0.25) is 0 Å². The quantitative estimate of drug-likeness (QED) is 0.811. The van der Waals surface area contributed by atoms with Gasteiger partial charge in [0.1, 0.15) is 11.5 Å². The van der Waals surface area contributed by atoms with Gasteiger partial charge in [-0.15, -0.1) is 11.8 Å². The second-order valence-corrected chi connectivity index (χ2v) is 4.34. The summed E-state index contributed by atoms with van der Waals surface area (Å²) in [6.45, 7) is 1.76. The summed E-state index contributed by atoms with van der Waals surface area (Å²) in [6, 6.07) is 2.69. The Labute approximate surface area is 110 Å². The van der Waals surface area contributed by atoms with Crippen LogP contribution in [0.1, 0.15) is 20.7 Å². The van der Waals surface area contributed by atoms with Gasteiger partial charge in [-0.3, -0.25) is 0 Å². The van der Waals surface area contributed by atoms with E-state index in [-0.39, 0.29) is 17.5 Å². The molecule has 0 saturated heterocycles. The summed E-state index contributed by atoms with van der Waals surface area (Å²) in [5.41, 5.74) is 6.24. The third kappa shape index (κ3) is 3.06. The summed E-state index contributed by atoms with van der Waals surface area (Å²) in [6.07, 6.45) is 2.06. The Morgan fingerprint density at radius 1 is 1.38 bits per heavy atom. The Balaban J connectivity index is 3.31. The molecular formula is C12H19NO2S. The molecule has 1 rings (SSSR count). The minimum absolute atomic E-state index is 0.152. The fourth-order valence-corrected chi connectivity index (χ4v) is 1.95. The second kappa shape index (κ2) is 6.01. The predicted molar refractivity (Wildman–Crippen MR) is 68.7 cm³/mol. The van der Waals surface area contributed by atoms with Crippen molar-refractivity contribution in [1.29, 1.82) is 0 Å². The molecule has 0 spiro atoms.